The van der Waals surface area contributed by atoms with Gasteiger partial charge in [0, 0.05) is 19.3 Å². The molecule has 0 fully saturated rings. The lowest BCUT2D eigenvalue weighted by Gasteiger charge is -2.17. The molecule has 1 N–H and O–H groups in total. The van der Waals surface area contributed by atoms with E-state index in [-0.39, 0.29) is 42.5 Å². The second-order valence-corrected chi connectivity index (χ2v) is 6.49. The van der Waals surface area contributed by atoms with Crippen LogP contribution in [0.1, 0.15) is 46.2 Å². The fraction of sp³-hybridized carbons (Fsp3) is 0.318. The summed E-state index contributed by atoms with van der Waals surface area (Å²) in [5, 5.41) is 2.63. The number of hydrogen-bond acceptors (Lipinski definition) is 5. The molecule has 0 aliphatic carbocycles. The van der Waals surface area contributed by atoms with Gasteiger partial charge in [-0.3, -0.25) is 9.59 Å². The van der Waals surface area contributed by atoms with Gasteiger partial charge in [0.25, 0.3) is 5.91 Å². The zero-order chi connectivity index (χ0) is 22.1. The Morgan fingerprint density at radius 3 is 2.57 bits per heavy atom. The van der Waals surface area contributed by atoms with Crippen molar-refractivity contribution in [2.24, 2.45) is 0 Å². The first-order valence-corrected chi connectivity index (χ1v) is 9.55. The van der Waals surface area contributed by atoms with Gasteiger partial charge in [0.2, 0.25) is 5.43 Å². The molecule has 1 aromatic heterocycles. The van der Waals surface area contributed by atoms with Gasteiger partial charge in [-0.05, 0) is 24.1 Å². The van der Waals surface area contributed by atoms with Crippen molar-refractivity contribution >= 4 is 11.9 Å². The molecule has 0 bridgehead atoms. The number of benzene rings is 1. The van der Waals surface area contributed by atoms with Crippen molar-refractivity contribution in [3.8, 4) is 5.75 Å². The van der Waals surface area contributed by atoms with Crippen LogP contribution in [0.2, 0.25) is 0 Å². The quantitative estimate of drug-likeness (QED) is 0.365. The molecule has 0 unspecified atom stereocenters. The average Bonchev–Trinajstić information content (AvgIpc) is 2.74. The number of hydrogen-bond donors (Lipinski definition) is 1. The van der Waals surface area contributed by atoms with Gasteiger partial charge in [-0.15, -0.1) is 6.58 Å². The second-order valence-electron chi connectivity index (χ2n) is 6.49. The molecule has 0 saturated heterocycles. The van der Waals surface area contributed by atoms with Gasteiger partial charge < -0.3 is 19.4 Å². The predicted molar refractivity (Wildman–Crippen MR) is 110 cm³/mol. The highest BCUT2D eigenvalue weighted by Gasteiger charge is 2.25. The maximum atomic E-state index is 13.0. The second kappa shape index (κ2) is 10.9. The first-order chi connectivity index (χ1) is 14.4. The SMILES string of the molecule is C=CCn1cc(C(=O)NCc2ccc(F)cc2)c(=O)c(OCCCC)c1C(=O)OC. The van der Waals surface area contributed by atoms with Crippen LogP contribution in [0.5, 0.6) is 5.75 Å². The predicted octanol–water partition coefficient (Wildman–Crippen LogP) is 3.07. The molecule has 1 amide bonds. The average molecular weight is 416 g/mol. The number of carbonyl (C=O) groups is 2. The van der Waals surface area contributed by atoms with Crippen LogP contribution in [0.3, 0.4) is 0 Å². The minimum atomic E-state index is -0.751. The molecule has 7 nitrogen and oxygen atoms in total. The van der Waals surface area contributed by atoms with Crippen LogP contribution in [0, 0.1) is 5.82 Å². The van der Waals surface area contributed by atoms with Gasteiger partial charge in [0.05, 0.1) is 13.7 Å². The fourth-order valence-corrected chi connectivity index (χ4v) is 2.72. The van der Waals surface area contributed by atoms with Crippen LogP contribution in [0.15, 0.2) is 47.9 Å². The highest BCUT2D eigenvalue weighted by atomic mass is 19.1. The number of ether oxygens (including phenoxy) is 2. The maximum Gasteiger partial charge on any atom is 0.358 e. The van der Waals surface area contributed by atoms with E-state index in [4.69, 9.17) is 9.47 Å². The minimum Gasteiger partial charge on any atom is -0.487 e. The number of halogens is 1. The van der Waals surface area contributed by atoms with Gasteiger partial charge in [-0.25, -0.2) is 9.18 Å². The van der Waals surface area contributed by atoms with Crippen LogP contribution in [0.25, 0.3) is 0 Å². The van der Waals surface area contributed by atoms with Crippen LogP contribution in [-0.2, 0) is 17.8 Å². The normalized spacial score (nSPS) is 10.4. The number of rotatable bonds is 10. The first kappa shape index (κ1) is 22.9. The number of pyridine rings is 1. The number of methoxy groups -OCH3 is 1. The van der Waals surface area contributed by atoms with E-state index in [0.29, 0.717) is 12.0 Å². The minimum absolute atomic E-state index is 0.0754. The van der Waals surface area contributed by atoms with Gasteiger partial charge >= 0.3 is 5.97 Å². The highest BCUT2D eigenvalue weighted by Crippen LogP contribution is 2.18. The first-order valence-electron chi connectivity index (χ1n) is 9.55. The Kier molecular flexibility index (Phi) is 8.34. The Labute approximate surface area is 174 Å². The molecule has 0 spiro atoms. The van der Waals surface area contributed by atoms with Crippen molar-refractivity contribution in [2.75, 3.05) is 13.7 Å². The molecule has 8 heteroatoms. The number of carbonyl (C=O) groups excluding carboxylic acids is 2. The van der Waals surface area contributed by atoms with Gasteiger partial charge in [0.15, 0.2) is 11.4 Å². The van der Waals surface area contributed by atoms with Crippen LogP contribution >= 0.6 is 0 Å². The Bertz CT molecular complexity index is 967. The topological polar surface area (TPSA) is 86.6 Å². The molecular weight excluding hydrogens is 391 g/mol. The van der Waals surface area contributed by atoms with Crippen LogP contribution < -0.4 is 15.5 Å². The zero-order valence-corrected chi connectivity index (χ0v) is 17.1. The van der Waals surface area contributed by atoms with Crippen molar-refractivity contribution < 1.29 is 23.5 Å². The van der Waals surface area contributed by atoms with Gasteiger partial charge in [-0.2, -0.15) is 0 Å². The number of allylic oxidation sites excluding steroid dienone is 1. The third-order valence-electron chi connectivity index (χ3n) is 4.30. The van der Waals surface area contributed by atoms with E-state index in [1.165, 1.54) is 48.2 Å². The summed E-state index contributed by atoms with van der Waals surface area (Å²) in [4.78, 5) is 38.0. The number of esters is 1. The molecule has 0 radical (unpaired) electrons. The van der Waals surface area contributed by atoms with E-state index in [2.05, 4.69) is 11.9 Å². The molecule has 0 aliphatic rings. The van der Waals surface area contributed by atoms with E-state index in [0.717, 1.165) is 6.42 Å². The summed E-state index contributed by atoms with van der Waals surface area (Å²) < 4.78 is 24.8. The van der Waals surface area contributed by atoms with Crippen molar-refractivity contribution in [1.82, 2.24) is 9.88 Å². The molecule has 0 saturated carbocycles. The smallest absolute Gasteiger partial charge is 0.358 e. The van der Waals surface area contributed by atoms with Crippen molar-refractivity contribution in [3.05, 3.63) is 76.0 Å². The summed E-state index contributed by atoms with van der Waals surface area (Å²) in [7, 11) is 1.20. The fourth-order valence-electron chi connectivity index (χ4n) is 2.72. The third-order valence-corrected chi connectivity index (χ3v) is 4.30. The summed E-state index contributed by atoms with van der Waals surface area (Å²) in [5.74, 6) is -2.01. The Morgan fingerprint density at radius 2 is 1.97 bits per heavy atom. The van der Waals surface area contributed by atoms with E-state index in [1.807, 2.05) is 6.92 Å². The molecule has 1 aromatic carbocycles. The Morgan fingerprint density at radius 1 is 1.27 bits per heavy atom. The van der Waals surface area contributed by atoms with Gasteiger partial charge in [0.1, 0.15) is 11.4 Å². The van der Waals surface area contributed by atoms with Crippen molar-refractivity contribution in [1.29, 1.82) is 0 Å². The molecular formula is C22H25FN2O5. The van der Waals surface area contributed by atoms with Gasteiger partial charge in [-0.1, -0.05) is 31.6 Å². The van der Waals surface area contributed by atoms with E-state index in [1.54, 1.807) is 0 Å². The lowest BCUT2D eigenvalue weighted by molar-refractivity contribution is 0.0581. The molecule has 2 aromatic rings. The summed E-state index contributed by atoms with van der Waals surface area (Å²) in [6, 6.07) is 5.63. The Hall–Kier alpha value is -3.42. The van der Waals surface area contributed by atoms with Crippen molar-refractivity contribution in [2.45, 2.75) is 32.9 Å². The number of nitrogens with zero attached hydrogens (tertiary/aromatic N) is 1. The summed E-state index contributed by atoms with van der Waals surface area (Å²) in [6.07, 6.45) is 4.30. The molecule has 2 rings (SSSR count). The third kappa shape index (κ3) is 5.56. The standard InChI is InChI=1S/C22H25FN2O5/c1-4-6-12-30-20-18(22(28)29-3)25(11-5-2)14-17(19(20)26)21(27)24-13-15-7-9-16(23)10-8-15/h5,7-10,14H,2,4,6,11-13H2,1,3H3,(H,24,27). The zero-order valence-electron chi connectivity index (χ0n) is 17.1. The van der Waals surface area contributed by atoms with Crippen LogP contribution in [0.4, 0.5) is 4.39 Å². The lowest BCUT2D eigenvalue weighted by Crippen LogP contribution is -2.32. The molecule has 0 aliphatic heterocycles. The largest absolute Gasteiger partial charge is 0.487 e. The number of unbranched alkanes of at least 4 members (excludes halogenated alkanes) is 1. The molecule has 160 valence electrons. The molecule has 0 atom stereocenters. The molecule has 1 heterocycles. The highest BCUT2D eigenvalue weighted by molar-refractivity contribution is 5.96. The van der Waals surface area contributed by atoms with E-state index in [9.17, 15) is 18.8 Å². The Balaban J connectivity index is 2.42. The maximum absolute atomic E-state index is 13.0. The lowest BCUT2D eigenvalue weighted by atomic mass is 10.1. The van der Waals surface area contributed by atoms with Crippen LogP contribution in [-0.4, -0.2) is 30.2 Å². The number of nitrogens with one attached hydrogen (secondary N) is 1. The summed E-state index contributed by atoms with van der Waals surface area (Å²) in [6.45, 7) is 6.08. The summed E-state index contributed by atoms with van der Waals surface area (Å²) >= 11 is 0. The molecule has 30 heavy (non-hydrogen) atoms. The summed E-state index contributed by atoms with van der Waals surface area (Å²) in [5.41, 5.74) is -0.295. The number of amides is 1. The monoisotopic (exact) mass is 416 g/mol. The van der Waals surface area contributed by atoms with Crippen molar-refractivity contribution in [3.63, 3.8) is 0 Å². The van der Waals surface area contributed by atoms with E-state index < -0.39 is 17.3 Å². The van der Waals surface area contributed by atoms with E-state index >= 15 is 0 Å². The number of aromatic nitrogens is 1.